The SMILES string of the molecule is COc1cc(CC2COC(=O)C2Cc2cc(OC)c3c(c2)OCO3)cc(OC)c1O. The summed E-state index contributed by atoms with van der Waals surface area (Å²) in [6.45, 7) is 0.477. The molecule has 0 radical (unpaired) electrons. The number of phenols is 1. The second kappa shape index (κ2) is 8.22. The van der Waals surface area contributed by atoms with Gasteiger partial charge in [0, 0.05) is 5.92 Å². The highest BCUT2D eigenvalue weighted by Crippen LogP contribution is 2.43. The highest BCUT2D eigenvalue weighted by atomic mass is 16.7. The van der Waals surface area contributed by atoms with Crippen LogP contribution in [0.15, 0.2) is 24.3 Å². The van der Waals surface area contributed by atoms with Gasteiger partial charge in [0.1, 0.15) is 0 Å². The summed E-state index contributed by atoms with van der Waals surface area (Å²) in [5, 5.41) is 10.1. The van der Waals surface area contributed by atoms with E-state index >= 15 is 0 Å². The van der Waals surface area contributed by atoms with Crippen LogP contribution in [0, 0.1) is 11.8 Å². The fraction of sp³-hybridized carbons (Fsp3) is 0.409. The largest absolute Gasteiger partial charge is 0.502 e. The number of benzene rings is 2. The molecular formula is C22H24O8. The zero-order valence-electron chi connectivity index (χ0n) is 17.1. The van der Waals surface area contributed by atoms with Crippen molar-refractivity contribution in [3.05, 3.63) is 35.4 Å². The van der Waals surface area contributed by atoms with Crippen LogP contribution < -0.4 is 23.7 Å². The molecule has 8 heteroatoms. The molecule has 160 valence electrons. The molecule has 2 aliphatic rings. The molecule has 2 aromatic rings. The van der Waals surface area contributed by atoms with Gasteiger partial charge in [-0.15, -0.1) is 0 Å². The fourth-order valence-corrected chi connectivity index (χ4v) is 3.98. The van der Waals surface area contributed by atoms with E-state index in [1.807, 2.05) is 12.1 Å². The summed E-state index contributed by atoms with van der Waals surface area (Å²) < 4.78 is 32.2. The fourth-order valence-electron chi connectivity index (χ4n) is 3.98. The van der Waals surface area contributed by atoms with E-state index in [4.69, 9.17) is 28.4 Å². The van der Waals surface area contributed by atoms with Gasteiger partial charge in [0.25, 0.3) is 0 Å². The number of methoxy groups -OCH3 is 3. The number of rotatable bonds is 7. The van der Waals surface area contributed by atoms with Gasteiger partial charge >= 0.3 is 5.97 Å². The molecule has 1 fully saturated rings. The first-order chi connectivity index (χ1) is 14.5. The van der Waals surface area contributed by atoms with Crippen molar-refractivity contribution >= 4 is 5.97 Å². The average molecular weight is 416 g/mol. The van der Waals surface area contributed by atoms with E-state index in [2.05, 4.69) is 0 Å². The lowest BCUT2D eigenvalue weighted by Gasteiger charge is -2.18. The molecule has 0 amide bonds. The van der Waals surface area contributed by atoms with E-state index in [1.54, 1.807) is 19.2 Å². The van der Waals surface area contributed by atoms with Gasteiger partial charge in [-0.1, -0.05) is 0 Å². The van der Waals surface area contributed by atoms with Crippen molar-refractivity contribution in [3.63, 3.8) is 0 Å². The molecule has 0 aromatic heterocycles. The van der Waals surface area contributed by atoms with E-state index in [0.29, 0.717) is 48.2 Å². The molecule has 2 unspecified atom stereocenters. The third-order valence-electron chi connectivity index (χ3n) is 5.52. The van der Waals surface area contributed by atoms with Crippen molar-refractivity contribution in [2.75, 3.05) is 34.7 Å². The molecule has 0 saturated carbocycles. The van der Waals surface area contributed by atoms with Gasteiger partial charge in [-0.3, -0.25) is 4.79 Å². The first-order valence-electron chi connectivity index (χ1n) is 9.61. The van der Waals surface area contributed by atoms with Crippen LogP contribution in [0.25, 0.3) is 0 Å². The molecule has 2 aromatic carbocycles. The van der Waals surface area contributed by atoms with Crippen LogP contribution in [0.2, 0.25) is 0 Å². The second-order valence-electron chi connectivity index (χ2n) is 7.29. The first kappa shape index (κ1) is 20.0. The lowest BCUT2D eigenvalue weighted by Crippen LogP contribution is -2.20. The number of carbonyl (C=O) groups excluding carboxylic acids is 1. The maximum absolute atomic E-state index is 12.5. The maximum atomic E-state index is 12.5. The van der Waals surface area contributed by atoms with Crippen LogP contribution in [-0.2, 0) is 22.4 Å². The standard InChI is InChI=1S/C22H24O8/c1-25-16-6-12(7-17(26-2)20(16)23)4-14-10-28-22(24)15(14)5-13-8-18(27-3)21-19(9-13)29-11-30-21/h6-9,14-15,23H,4-5,10-11H2,1-3H3. The van der Waals surface area contributed by atoms with Crippen molar-refractivity contribution < 1.29 is 38.3 Å². The summed E-state index contributed by atoms with van der Waals surface area (Å²) in [7, 11) is 4.53. The Balaban J connectivity index is 1.57. The lowest BCUT2D eigenvalue weighted by atomic mass is 9.85. The molecule has 8 nitrogen and oxygen atoms in total. The number of hydrogen-bond acceptors (Lipinski definition) is 8. The summed E-state index contributed by atoms with van der Waals surface area (Å²) >= 11 is 0. The number of fused-ring (bicyclic) bond motifs is 1. The number of phenolic OH excluding ortho intramolecular Hbond substituents is 1. The highest BCUT2D eigenvalue weighted by Gasteiger charge is 2.37. The third-order valence-corrected chi connectivity index (χ3v) is 5.52. The number of hydrogen-bond donors (Lipinski definition) is 1. The Morgan fingerprint density at radius 3 is 2.20 bits per heavy atom. The van der Waals surface area contributed by atoms with Crippen molar-refractivity contribution in [3.8, 4) is 34.5 Å². The van der Waals surface area contributed by atoms with E-state index in [1.165, 1.54) is 14.2 Å². The van der Waals surface area contributed by atoms with Crippen LogP contribution >= 0.6 is 0 Å². The van der Waals surface area contributed by atoms with Gasteiger partial charge < -0.3 is 33.5 Å². The maximum Gasteiger partial charge on any atom is 0.309 e. The van der Waals surface area contributed by atoms with Gasteiger partial charge in [0.05, 0.1) is 33.9 Å². The smallest absolute Gasteiger partial charge is 0.309 e. The van der Waals surface area contributed by atoms with Gasteiger partial charge in [-0.2, -0.15) is 0 Å². The number of carbonyl (C=O) groups is 1. The summed E-state index contributed by atoms with van der Waals surface area (Å²) in [6, 6.07) is 7.24. The summed E-state index contributed by atoms with van der Waals surface area (Å²) in [5.41, 5.74) is 1.80. The summed E-state index contributed by atoms with van der Waals surface area (Å²) in [4.78, 5) is 12.5. The zero-order valence-corrected chi connectivity index (χ0v) is 17.1. The van der Waals surface area contributed by atoms with Gasteiger partial charge in [-0.25, -0.2) is 0 Å². The summed E-state index contributed by atoms with van der Waals surface area (Å²) in [6.07, 6.45) is 1.06. The van der Waals surface area contributed by atoms with Crippen LogP contribution in [0.4, 0.5) is 0 Å². The number of aromatic hydroxyl groups is 1. The lowest BCUT2D eigenvalue weighted by molar-refractivity contribution is -0.141. The Bertz CT molecular complexity index is 929. The van der Waals surface area contributed by atoms with E-state index in [-0.39, 0.29) is 30.3 Å². The predicted molar refractivity (Wildman–Crippen MR) is 106 cm³/mol. The van der Waals surface area contributed by atoms with Crippen molar-refractivity contribution in [2.24, 2.45) is 11.8 Å². The van der Waals surface area contributed by atoms with E-state index in [0.717, 1.165) is 11.1 Å². The molecule has 30 heavy (non-hydrogen) atoms. The summed E-state index contributed by atoms with van der Waals surface area (Å²) in [5.74, 6) is 1.79. The Kier molecular flexibility index (Phi) is 5.48. The molecule has 4 rings (SSSR count). The number of esters is 1. The third kappa shape index (κ3) is 3.65. The van der Waals surface area contributed by atoms with Gasteiger partial charge in [0.15, 0.2) is 23.0 Å². The molecule has 1 saturated heterocycles. The Hall–Kier alpha value is -3.29. The molecule has 2 atom stereocenters. The van der Waals surface area contributed by atoms with Gasteiger partial charge in [0.2, 0.25) is 18.3 Å². The van der Waals surface area contributed by atoms with Crippen molar-refractivity contribution in [2.45, 2.75) is 12.8 Å². The minimum Gasteiger partial charge on any atom is -0.502 e. The van der Waals surface area contributed by atoms with Gasteiger partial charge in [-0.05, 0) is 48.2 Å². The van der Waals surface area contributed by atoms with Crippen LogP contribution in [0.5, 0.6) is 34.5 Å². The topological polar surface area (TPSA) is 92.7 Å². The van der Waals surface area contributed by atoms with E-state index in [9.17, 15) is 9.90 Å². The number of ether oxygens (including phenoxy) is 6. The molecule has 0 aliphatic carbocycles. The minimum atomic E-state index is -0.319. The Labute approximate surface area is 174 Å². The van der Waals surface area contributed by atoms with Crippen LogP contribution in [-0.4, -0.2) is 45.8 Å². The monoisotopic (exact) mass is 416 g/mol. The van der Waals surface area contributed by atoms with Crippen LogP contribution in [0.1, 0.15) is 11.1 Å². The molecular weight excluding hydrogens is 392 g/mol. The molecule has 0 bridgehead atoms. The minimum absolute atomic E-state index is 0.0344. The Morgan fingerprint density at radius 2 is 1.53 bits per heavy atom. The van der Waals surface area contributed by atoms with E-state index < -0.39 is 0 Å². The molecule has 1 N–H and O–H groups in total. The molecule has 2 heterocycles. The second-order valence-corrected chi connectivity index (χ2v) is 7.29. The highest BCUT2D eigenvalue weighted by molar-refractivity contribution is 5.75. The first-order valence-corrected chi connectivity index (χ1v) is 9.61. The Morgan fingerprint density at radius 1 is 0.900 bits per heavy atom. The van der Waals surface area contributed by atoms with Crippen molar-refractivity contribution in [1.82, 2.24) is 0 Å². The average Bonchev–Trinajstić information content (AvgIpc) is 3.36. The van der Waals surface area contributed by atoms with Crippen LogP contribution in [0.3, 0.4) is 0 Å². The number of cyclic esters (lactones) is 1. The predicted octanol–water partition coefficient (Wildman–Crippen LogP) is 2.72. The van der Waals surface area contributed by atoms with Crippen molar-refractivity contribution in [1.29, 1.82) is 0 Å². The molecule has 0 spiro atoms. The quantitative estimate of drug-likeness (QED) is 0.689. The zero-order chi connectivity index (χ0) is 21.3. The molecule has 2 aliphatic heterocycles. The normalized spacial score (nSPS) is 19.5.